The topological polar surface area (TPSA) is 68.9 Å². The van der Waals surface area contributed by atoms with Gasteiger partial charge in [0.1, 0.15) is 16.6 Å². The summed E-state index contributed by atoms with van der Waals surface area (Å²) >= 11 is 6.87. The van der Waals surface area contributed by atoms with Crippen LogP contribution in [0.3, 0.4) is 0 Å². The largest absolute Gasteiger partial charge is 0.391 e. The molecule has 2 N–H and O–H groups in total. The SMILES string of the molecule is N#Cc1snc(Cl)c1N[C@@H]1CC[C@H]1O. The van der Waals surface area contributed by atoms with Crippen LogP contribution in [0, 0.1) is 11.3 Å². The van der Waals surface area contributed by atoms with Crippen molar-refractivity contribution in [3.63, 3.8) is 0 Å². The van der Waals surface area contributed by atoms with E-state index in [2.05, 4.69) is 9.69 Å². The van der Waals surface area contributed by atoms with Crippen LogP contribution in [0.2, 0.25) is 5.15 Å². The number of halogens is 1. The first-order valence-corrected chi connectivity index (χ1v) is 5.37. The highest BCUT2D eigenvalue weighted by Crippen LogP contribution is 2.32. The number of hydrogen-bond donors (Lipinski definition) is 2. The van der Waals surface area contributed by atoms with Crippen LogP contribution in [0.15, 0.2) is 0 Å². The fourth-order valence-electron chi connectivity index (χ4n) is 1.31. The third-order valence-electron chi connectivity index (χ3n) is 2.32. The van der Waals surface area contributed by atoms with Gasteiger partial charge in [0.25, 0.3) is 0 Å². The van der Waals surface area contributed by atoms with Crippen molar-refractivity contribution in [3.8, 4) is 6.07 Å². The molecule has 0 saturated heterocycles. The smallest absolute Gasteiger partial charge is 0.167 e. The zero-order valence-electron chi connectivity index (χ0n) is 7.20. The van der Waals surface area contributed by atoms with Gasteiger partial charge in [-0.2, -0.15) is 9.64 Å². The molecule has 1 heterocycles. The maximum Gasteiger partial charge on any atom is 0.167 e. The molecule has 0 radical (unpaired) electrons. The molecule has 14 heavy (non-hydrogen) atoms. The number of rotatable bonds is 2. The molecule has 6 heteroatoms. The van der Waals surface area contributed by atoms with E-state index in [9.17, 15) is 5.11 Å². The molecule has 0 amide bonds. The van der Waals surface area contributed by atoms with Crippen LogP contribution in [0.4, 0.5) is 5.69 Å². The minimum Gasteiger partial charge on any atom is -0.391 e. The summed E-state index contributed by atoms with van der Waals surface area (Å²) in [4.78, 5) is 0.467. The van der Waals surface area contributed by atoms with Gasteiger partial charge >= 0.3 is 0 Å². The third-order valence-corrected chi connectivity index (χ3v) is 3.45. The second-order valence-electron chi connectivity index (χ2n) is 3.18. The monoisotopic (exact) mass is 229 g/mol. The number of anilines is 1. The maximum absolute atomic E-state index is 9.36. The Labute approximate surface area is 90.3 Å². The third kappa shape index (κ3) is 1.57. The van der Waals surface area contributed by atoms with Crippen molar-refractivity contribution in [1.82, 2.24) is 4.37 Å². The molecule has 1 saturated carbocycles. The maximum atomic E-state index is 9.36. The van der Waals surface area contributed by atoms with Crippen LogP contribution < -0.4 is 5.32 Å². The van der Waals surface area contributed by atoms with Gasteiger partial charge in [0.05, 0.1) is 12.1 Å². The Hall–Kier alpha value is -0.830. The second-order valence-corrected chi connectivity index (χ2v) is 4.32. The van der Waals surface area contributed by atoms with Gasteiger partial charge in [-0.1, -0.05) is 11.6 Å². The fraction of sp³-hybridized carbons (Fsp3) is 0.500. The van der Waals surface area contributed by atoms with E-state index in [1.165, 1.54) is 0 Å². The van der Waals surface area contributed by atoms with Gasteiger partial charge < -0.3 is 10.4 Å². The second kappa shape index (κ2) is 3.73. The Balaban J connectivity index is 2.15. The van der Waals surface area contributed by atoms with Crippen LogP contribution in [-0.4, -0.2) is 21.6 Å². The van der Waals surface area contributed by atoms with E-state index in [0.29, 0.717) is 15.7 Å². The van der Waals surface area contributed by atoms with Gasteiger partial charge in [-0.3, -0.25) is 0 Å². The molecule has 1 aliphatic rings. The van der Waals surface area contributed by atoms with E-state index in [-0.39, 0.29) is 12.1 Å². The molecule has 0 unspecified atom stereocenters. The number of nitriles is 1. The molecule has 2 atom stereocenters. The van der Waals surface area contributed by atoms with Crippen LogP contribution in [-0.2, 0) is 0 Å². The predicted octanol–water partition coefficient (Wildman–Crippen LogP) is 1.60. The molecule has 74 valence electrons. The molecule has 0 aromatic carbocycles. The van der Waals surface area contributed by atoms with E-state index in [1.54, 1.807) is 0 Å². The summed E-state index contributed by atoms with van der Waals surface area (Å²) in [6, 6.07) is 2.02. The summed E-state index contributed by atoms with van der Waals surface area (Å²) in [5.74, 6) is 0. The van der Waals surface area contributed by atoms with Gasteiger partial charge in [-0.25, -0.2) is 0 Å². The van der Waals surface area contributed by atoms with E-state index >= 15 is 0 Å². The highest BCUT2D eigenvalue weighted by atomic mass is 35.5. The first-order chi connectivity index (χ1) is 6.72. The van der Waals surface area contributed by atoms with Crippen molar-refractivity contribution in [3.05, 3.63) is 10.0 Å². The van der Waals surface area contributed by atoms with Crippen molar-refractivity contribution >= 4 is 28.8 Å². The lowest BCUT2D eigenvalue weighted by molar-refractivity contribution is 0.0786. The molecule has 0 bridgehead atoms. The van der Waals surface area contributed by atoms with Crippen molar-refractivity contribution in [2.24, 2.45) is 0 Å². The van der Waals surface area contributed by atoms with Crippen molar-refractivity contribution < 1.29 is 5.11 Å². The van der Waals surface area contributed by atoms with Crippen LogP contribution in [0.1, 0.15) is 17.7 Å². The standard InChI is InChI=1S/C8H8ClN3OS/c9-8-7(6(3-10)14-12-8)11-4-1-2-5(4)13/h4-5,11,13H,1-2H2/t4-,5-/m1/s1. The molecule has 1 fully saturated rings. The summed E-state index contributed by atoms with van der Waals surface area (Å²) in [7, 11) is 0. The highest BCUT2D eigenvalue weighted by Gasteiger charge is 2.30. The number of aliphatic hydroxyl groups is 1. The van der Waals surface area contributed by atoms with Crippen LogP contribution in [0.25, 0.3) is 0 Å². The molecule has 0 aliphatic heterocycles. The van der Waals surface area contributed by atoms with Gasteiger partial charge in [0.15, 0.2) is 5.15 Å². The van der Waals surface area contributed by atoms with Crippen LogP contribution in [0.5, 0.6) is 0 Å². The normalized spacial score (nSPS) is 25.2. The fourth-order valence-corrected chi connectivity index (χ4v) is 2.17. The number of hydrogen-bond acceptors (Lipinski definition) is 5. The van der Waals surface area contributed by atoms with Gasteiger partial charge in [-0.05, 0) is 24.4 Å². The molecule has 2 rings (SSSR count). The van der Waals surface area contributed by atoms with Crippen molar-refractivity contribution in [2.45, 2.75) is 25.0 Å². The molecular formula is C8H8ClN3OS. The Morgan fingerprint density at radius 2 is 2.43 bits per heavy atom. The Morgan fingerprint density at radius 3 is 2.93 bits per heavy atom. The Kier molecular flexibility index (Phi) is 2.59. The summed E-state index contributed by atoms with van der Waals surface area (Å²) in [6.07, 6.45) is 1.37. The first-order valence-electron chi connectivity index (χ1n) is 4.22. The van der Waals surface area contributed by atoms with E-state index in [1.807, 2.05) is 6.07 Å². The molecule has 1 aromatic rings. The van der Waals surface area contributed by atoms with Crippen molar-refractivity contribution in [1.29, 1.82) is 5.26 Å². The van der Waals surface area contributed by atoms with E-state index < -0.39 is 0 Å². The highest BCUT2D eigenvalue weighted by molar-refractivity contribution is 7.07. The first kappa shape index (κ1) is 9.71. The lowest BCUT2D eigenvalue weighted by atomic mass is 9.89. The lowest BCUT2D eigenvalue weighted by Gasteiger charge is -2.33. The molecular weight excluding hydrogens is 222 g/mol. The molecule has 4 nitrogen and oxygen atoms in total. The number of aromatic nitrogens is 1. The summed E-state index contributed by atoms with van der Waals surface area (Å²) in [5, 5.41) is 21.5. The number of nitrogens with zero attached hydrogens (tertiary/aromatic N) is 2. The van der Waals surface area contributed by atoms with Crippen molar-refractivity contribution in [2.75, 3.05) is 5.32 Å². The molecule has 1 aliphatic carbocycles. The number of aliphatic hydroxyl groups excluding tert-OH is 1. The van der Waals surface area contributed by atoms with Gasteiger partial charge in [-0.15, -0.1) is 0 Å². The lowest BCUT2D eigenvalue weighted by Crippen LogP contribution is -2.42. The summed E-state index contributed by atoms with van der Waals surface area (Å²) in [5.41, 5.74) is 0.558. The summed E-state index contributed by atoms with van der Waals surface area (Å²) in [6.45, 7) is 0. The van der Waals surface area contributed by atoms with Gasteiger partial charge in [0.2, 0.25) is 0 Å². The summed E-state index contributed by atoms with van der Waals surface area (Å²) < 4.78 is 3.86. The molecule has 0 spiro atoms. The van der Waals surface area contributed by atoms with Gasteiger partial charge in [0, 0.05) is 0 Å². The van der Waals surface area contributed by atoms with E-state index in [4.69, 9.17) is 16.9 Å². The predicted molar refractivity (Wildman–Crippen MR) is 54.5 cm³/mol. The average molecular weight is 230 g/mol. The minimum absolute atomic E-state index is 0.0102. The van der Waals surface area contributed by atoms with Crippen LogP contribution >= 0.6 is 23.1 Å². The zero-order valence-corrected chi connectivity index (χ0v) is 8.77. The quantitative estimate of drug-likeness (QED) is 0.809. The average Bonchev–Trinajstić information content (AvgIpc) is 2.53. The zero-order chi connectivity index (χ0) is 10.1. The number of nitrogens with one attached hydrogen (secondary N) is 1. The minimum atomic E-state index is -0.336. The Bertz CT molecular complexity index is 386. The Morgan fingerprint density at radius 1 is 1.64 bits per heavy atom. The molecule has 1 aromatic heterocycles. The van der Waals surface area contributed by atoms with E-state index in [0.717, 1.165) is 24.4 Å².